The molecule has 0 saturated carbocycles. The predicted molar refractivity (Wildman–Crippen MR) is 88.8 cm³/mol. The van der Waals surface area contributed by atoms with Crippen molar-refractivity contribution in [2.24, 2.45) is 0 Å². The van der Waals surface area contributed by atoms with Crippen LogP contribution in [0.25, 0.3) is 11.0 Å². The molecule has 2 unspecified atom stereocenters. The van der Waals surface area contributed by atoms with Gasteiger partial charge < -0.3 is 24.9 Å². The number of hydrogen-bond donors (Lipinski definition) is 3. The molecule has 0 spiro atoms. The van der Waals surface area contributed by atoms with Gasteiger partial charge in [-0.05, 0) is 38.5 Å². The van der Waals surface area contributed by atoms with Gasteiger partial charge in [0, 0.05) is 10.9 Å². The average Bonchev–Trinajstić information content (AvgIpc) is 2.89. The molecular formula is C17H24N2O4. The van der Waals surface area contributed by atoms with Crippen LogP contribution in [0.1, 0.15) is 37.6 Å². The zero-order valence-corrected chi connectivity index (χ0v) is 14.0. The van der Waals surface area contributed by atoms with Crippen LogP contribution < -0.4 is 15.4 Å². The van der Waals surface area contributed by atoms with Crippen molar-refractivity contribution >= 4 is 17.0 Å². The minimum Gasteiger partial charge on any atom is -0.497 e. The van der Waals surface area contributed by atoms with E-state index in [1.165, 1.54) is 0 Å². The summed E-state index contributed by atoms with van der Waals surface area (Å²) >= 11 is 0. The number of aliphatic hydroxyl groups is 1. The average molecular weight is 320 g/mol. The second-order valence-electron chi connectivity index (χ2n) is 5.58. The number of carbonyl (C=O) groups excluding carboxylic acids is 1. The highest BCUT2D eigenvalue weighted by atomic mass is 16.5. The minimum atomic E-state index is -0.323. The lowest BCUT2D eigenvalue weighted by atomic mass is 10.1. The van der Waals surface area contributed by atoms with Crippen LogP contribution in [0.2, 0.25) is 0 Å². The molecule has 1 aromatic carbocycles. The first-order chi connectivity index (χ1) is 11.0. The number of methoxy groups -OCH3 is 1. The molecule has 2 rings (SSSR count). The number of furan rings is 1. The smallest absolute Gasteiger partial charge is 0.315 e. The minimum absolute atomic E-state index is 0.0816. The van der Waals surface area contributed by atoms with E-state index in [1.807, 2.05) is 39.0 Å². The molecule has 126 valence electrons. The molecule has 1 heterocycles. The van der Waals surface area contributed by atoms with Gasteiger partial charge in [-0.2, -0.15) is 0 Å². The highest BCUT2D eigenvalue weighted by Crippen LogP contribution is 2.31. The SMILES string of the molecule is CCC(CO)NC(=O)NC(C)c1oc2ccc(OC)cc2c1C. The van der Waals surface area contributed by atoms with Crippen LogP contribution in [0.15, 0.2) is 22.6 Å². The van der Waals surface area contributed by atoms with Crippen molar-refractivity contribution in [3.05, 3.63) is 29.5 Å². The van der Waals surface area contributed by atoms with Gasteiger partial charge >= 0.3 is 6.03 Å². The van der Waals surface area contributed by atoms with E-state index < -0.39 is 0 Å². The van der Waals surface area contributed by atoms with E-state index in [4.69, 9.17) is 14.3 Å². The molecule has 2 atom stereocenters. The van der Waals surface area contributed by atoms with Crippen molar-refractivity contribution in [1.82, 2.24) is 10.6 Å². The normalized spacial score (nSPS) is 13.6. The summed E-state index contributed by atoms with van der Waals surface area (Å²) in [6.45, 7) is 5.64. The summed E-state index contributed by atoms with van der Waals surface area (Å²) in [5.41, 5.74) is 1.73. The molecule has 0 aliphatic carbocycles. The first-order valence-corrected chi connectivity index (χ1v) is 7.75. The summed E-state index contributed by atoms with van der Waals surface area (Å²) in [5.74, 6) is 1.47. The molecule has 0 fully saturated rings. The van der Waals surface area contributed by atoms with Gasteiger partial charge in [-0.1, -0.05) is 6.92 Å². The first kappa shape index (κ1) is 17.1. The maximum atomic E-state index is 12.0. The Morgan fingerprint density at radius 2 is 2.13 bits per heavy atom. The molecule has 0 aliphatic heterocycles. The summed E-state index contributed by atoms with van der Waals surface area (Å²) in [4.78, 5) is 12.0. The van der Waals surface area contributed by atoms with Crippen LogP contribution in [-0.2, 0) is 0 Å². The summed E-state index contributed by atoms with van der Waals surface area (Å²) < 4.78 is 11.1. The third-order valence-corrected chi connectivity index (χ3v) is 3.97. The van der Waals surface area contributed by atoms with Gasteiger partial charge in [0.05, 0.1) is 25.8 Å². The molecule has 6 heteroatoms. The highest BCUT2D eigenvalue weighted by Gasteiger charge is 2.19. The number of benzene rings is 1. The summed E-state index contributed by atoms with van der Waals surface area (Å²) in [6.07, 6.45) is 0.668. The molecule has 1 aromatic heterocycles. The Hall–Kier alpha value is -2.21. The van der Waals surface area contributed by atoms with Crippen molar-refractivity contribution in [1.29, 1.82) is 0 Å². The molecule has 0 bridgehead atoms. The number of hydrogen-bond acceptors (Lipinski definition) is 4. The number of aryl methyl sites for hydroxylation is 1. The number of urea groups is 1. The Balaban J connectivity index is 2.16. The molecule has 0 radical (unpaired) electrons. The van der Waals surface area contributed by atoms with E-state index >= 15 is 0 Å². The van der Waals surface area contributed by atoms with Gasteiger partial charge in [0.1, 0.15) is 17.1 Å². The molecule has 2 amide bonds. The predicted octanol–water partition coefficient (Wildman–Crippen LogP) is 2.88. The van der Waals surface area contributed by atoms with Gasteiger partial charge in [0.15, 0.2) is 0 Å². The summed E-state index contributed by atoms with van der Waals surface area (Å²) in [6, 6.07) is 4.76. The zero-order chi connectivity index (χ0) is 17.0. The molecule has 3 N–H and O–H groups in total. The second-order valence-corrected chi connectivity index (χ2v) is 5.58. The van der Waals surface area contributed by atoms with Crippen LogP contribution >= 0.6 is 0 Å². The van der Waals surface area contributed by atoms with E-state index in [2.05, 4.69) is 10.6 Å². The molecule has 23 heavy (non-hydrogen) atoms. The number of fused-ring (bicyclic) bond motifs is 1. The molecule has 6 nitrogen and oxygen atoms in total. The lowest BCUT2D eigenvalue weighted by Gasteiger charge is -2.17. The third kappa shape index (κ3) is 3.76. The van der Waals surface area contributed by atoms with Gasteiger partial charge in [-0.15, -0.1) is 0 Å². The summed E-state index contributed by atoms with van der Waals surface area (Å²) in [5, 5.41) is 15.7. The van der Waals surface area contributed by atoms with E-state index in [1.54, 1.807) is 7.11 Å². The lowest BCUT2D eigenvalue weighted by molar-refractivity contribution is 0.211. The number of carbonyl (C=O) groups is 1. The number of nitrogens with one attached hydrogen (secondary N) is 2. The third-order valence-electron chi connectivity index (χ3n) is 3.97. The van der Waals surface area contributed by atoms with E-state index in [9.17, 15) is 4.79 Å². The van der Waals surface area contributed by atoms with Crippen LogP contribution in [0.5, 0.6) is 5.75 Å². The molecular weight excluding hydrogens is 296 g/mol. The van der Waals surface area contributed by atoms with Gasteiger partial charge in [-0.3, -0.25) is 0 Å². The summed E-state index contributed by atoms with van der Waals surface area (Å²) in [7, 11) is 1.62. The Kier molecular flexibility index (Phi) is 5.50. The fourth-order valence-corrected chi connectivity index (χ4v) is 2.53. The maximum absolute atomic E-state index is 12.0. The van der Waals surface area contributed by atoms with Crippen LogP contribution in [0.4, 0.5) is 4.79 Å². The number of rotatable bonds is 6. The largest absolute Gasteiger partial charge is 0.497 e. The fourth-order valence-electron chi connectivity index (χ4n) is 2.53. The Bertz CT molecular complexity index is 677. The number of ether oxygens (including phenoxy) is 1. The maximum Gasteiger partial charge on any atom is 0.315 e. The Morgan fingerprint density at radius 1 is 1.39 bits per heavy atom. The molecule has 0 aliphatic rings. The zero-order valence-electron chi connectivity index (χ0n) is 14.0. The monoisotopic (exact) mass is 320 g/mol. The van der Waals surface area contributed by atoms with E-state index in [0.29, 0.717) is 12.2 Å². The van der Waals surface area contributed by atoms with Crippen molar-refractivity contribution in [2.75, 3.05) is 13.7 Å². The van der Waals surface area contributed by atoms with Crippen LogP contribution in [0, 0.1) is 6.92 Å². The molecule has 2 aromatic rings. The second kappa shape index (κ2) is 7.37. The Labute approximate surface area is 135 Å². The van der Waals surface area contributed by atoms with Gasteiger partial charge in [0.25, 0.3) is 0 Å². The fraction of sp³-hybridized carbons (Fsp3) is 0.471. The topological polar surface area (TPSA) is 83.7 Å². The highest BCUT2D eigenvalue weighted by molar-refractivity contribution is 5.84. The van der Waals surface area contributed by atoms with Crippen molar-refractivity contribution in [3.8, 4) is 5.75 Å². The van der Waals surface area contributed by atoms with E-state index in [0.717, 1.165) is 22.3 Å². The number of amides is 2. The van der Waals surface area contributed by atoms with Gasteiger partial charge in [-0.25, -0.2) is 4.79 Å². The number of aliphatic hydroxyl groups excluding tert-OH is 1. The van der Waals surface area contributed by atoms with Crippen molar-refractivity contribution in [2.45, 2.75) is 39.3 Å². The van der Waals surface area contributed by atoms with E-state index in [-0.39, 0.29) is 24.7 Å². The van der Waals surface area contributed by atoms with Crippen molar-refractivity contribution in [3.63, 3.8) is 0 Å². The van der Waals surface area contributed by atoms with Crippen LogP contribution in [0.3, 0.4) is 0 Å². The standard InChI is InChI=1S/C17H24N2O4/c1-5-12(9-20)19-17(21)18-11(3)16-10(2)14-8-13(22-4)6-7-15(14)23-16/h6-8,11-12,20H,5,9H2,1-4H3,(H2,18,19,21). The van der Waals surface area contributed by atoms with Gasteiger partial charge in [0.2, 0.25) is 0 Å². The first-order valence-electron chi connectivity index (χ1n) is 7.75. The quantitative estimate of drug-likeness (QED) is 0.764. The Morgan fingerprint density at radius 3 is 2.74 bits per heavy atom. The molecule has 0 saturated heterocycles. The lowest BCUT2D eigenvalue weighted by Crippen LogP contribution is -2.44. The van der Waals surface area contributed by atoms with Crippen LogP contribution in [-0.4, -0.2) is 30.9 Å². The van der Waals surface area contributed by atoms with Crippen molar-refractivity contribution < 1.29 is 19.1 Å².